The van der Waals surface area contributed by atoms with Gasteiger partial charge in [-0.3, -0.25) is 4.99 Å². The average molecular weight is 221 g/mol. The Kier molecular flexibility index (Phi) is 4.51. The van der Waals surface area contributed by atoms with Gasteiger partial charge in [0, 0.05) is 5.56 Å². The summed E-state index contributed by atoms with van der Waals surface area (Å²) in [5.41, 5.74) is 0.935. The van der Waals surface area contributed by atoms with Gasteiger partial charge in [-0.05, 0) is 13.0 Å². The van der Waals surface area contributed by atoms with Crippen molar-refractivity contribution in [1.29, 1.82) is 0 Å². The molecule has 0 heterocycles. The van der Waals surface area contributed by atoms with Crippen molar-refractivity contribution in [2.75, 3.05) is 14.2 Å². The Bertz CT molecular complexity index is 388. The van der Waals surface area contributed by atoms with Gasteiger partial charge < -0.3 is 9.47 Å². The van der Waals surface area contributed by atoms with Crippen molar-refractivity contribution in [2.24, 2.45) is 4.99 Å². The molecule has 86 valence electrons. The molecule has 0 aromatic heterocycles. The Labute approximate surface area is 94.9 Å². The van der Waals surface area contributed by atoms with Crippen LogP contribution in [0.4, 0.5) is 0 Å². The van der Waals surface area contributed by atoms with Crippen LogP contribution in [-0.4, -0.2) is 26.4 Å². The van der Waals surface area contributed by atoms with Gasteiger partial charge in [0.05, 0.1) is 20.3 Å². The summed E-state index contributed by atoms with van der Waals surface area (Å²) in [5.74, 6) is 0.304. The highest BCUT2D eigenvalue weighted by atomic mass is 16.5. The number of carbonyl (C=O) groups excluding carboxylic acids is 1. The van der Waals surface area contributed by atoms with E-state index in [0.717, 1.165) is 11.3 Å². The summed E-state index contributed by atoms with van der Waals surface area (Å²) >= 11 is 0. The number of rotatable bonds is 4. The number of carbonyl (C=O) groups is 1. The zero-order valence-corrected chi connectivity index (χ0v) is 9.64. The van der Waals surface area contributed by atoms with E-state index in [1.807, 2.05) is 31.2 Å². The highest BCUT2D eigenvalue weighted by molar-refractivity contribution is 6.23. The summed E-state index contributed by atoms with van der Waals surface area (Å²) in [6.45, 7) is 1.89. The van der Waals surface area contributed by atoms with Crippen LogP contribution in [-0.2, 0) is 9.53 Å². The van der Waals surface area contributed by atoms with Gasteiger partial charge in [0.2, 0.25) is 0 Å². The fourth-order valence-electron chi connectivity index (χ4n) is 1.32. The third kappa shape index (κ3) is 3.08. The summed E-state index contributed by atoms with van der Waals surface area (Å²) in [5, 5.41) is 0. The lowest BCUT2D eigenvalue weighted by Gasteiger charge is -2.11. The molecule has 4 nitrogen and oxygen atoms in total. The maximum Gasteiger partial charge on any atom is 0.348 e. The predicted molar refractivity (Wildman–Crippen MR) is 61.9 cm³/mol. The number of methoxy groups -OCH3 is 2. The quantitative estimate of drug-likeness (QED) is 0.577. The first-order valence-electron chi connectivity index (χ1n) is 4.93. The van der Waals surface area contributed by atoms with E-state index in [1.54, 1.807) is 7.11 Å². The van der Waals surface area contributed by atoms with E-state index < -0.39 is 5.97 Å². The molecule has 1 aromatic carbocycles. The summed E-state index contributed by atoms with van der Waals surface area (Å²) in [6.07, 6.45) is 1.18. The van der Waals surface area contributed by atoms with Gasteiger partial charge in [0.25, 0.3) is 0 Å². The van der Waals surface area contributed by atoms with Crippen LogP contribution in [0.25, 0.3) is 0 Å². The number of para-hydroxylation sites is 1. The van der Waals surface area contributed by atoms with E-state index >= 15 is 0 Å². The van der Waals surface area contributed by atoms with Crippen LogP contribution in [0.15, 0.2) is 29.3 Å². The van der Waals surface area contributed by atoms with Crippen molar-refractivity contribution in [3.05, 3.63) is 29.8 Å². The molecule has 0 aliphatic carbocycles. The van der Waals surface area contributed by atoms with Crippen LogP contribution in [0.5, 0.6) is 5.75 Å². The first-order valence-corrected chi connectivity index (χ1v) is 4.93. The Morgan fingerprint density at radius 2 is 2.06 bits per heavy atom. The molecule has 1 aromatic rings. The zero-order valence-electron chi connectivity index (χ0n) is 9.64. The van der Waals surface area contributed by atoms with Gasteiger partial charge in [0.1, 0.15) is 12.0 Å². The minimum Gasteiger partial charge on any atom is -0.496 e. The average Bonchev–Trinajstić information content (AvgIpc) is 2.35. The van der Waals surface area contributed by atoms with Crippen LogP contribution in [0.1, 0.15) is 18.5 Å². The van der Waals surface area contributed by atoms with E-state index in [4.69, 9.17) is 4.74 Å². The first-order chi connectivity index (χ1) is 7.69. The molecule has 0 aliphatic heterocycles. The molecule has 0 N–H and O–H groups in total. The van der Waals surface area contributed by atoms with Gasteiger partial charge >= 0.3 is 5.97 Å². The smallest absolute Gasteiger partial charge is 0.348 e. The van der Waals surface area contributed by atoms with Crippen molar-refractivity contribution in [2.45, 2.75) is 13.0 Å². The van der Waals surface area contributed by atoms with Crippen LogP contribution in [0.3, 0.4) is 0 Å². The topological polar surface area (TPSA) is 47.9 Å². The molecule has 0 aliphatic rings. The van der Waals surface area contributed by atoms with Gasteiger partial charge in [0.15, 0.2) is 0 Å². The third-order valence-electron chi connectivity index (χ3n) is 2.19. The minimum atomic E-state index is -0.457. The molecule has 1 atom stereocenters. The second-order valence-corrected chi connectivity index (χ2v) is 3.22. The molecular formula is C12H15NO3. The van der Waals surface area contributed by atoms with E-state index in [1.165, 1.54) is 13.3 Å². The van der Waals surface area contributed by atoms with E-state index in [-0.39, 0.29) is 6.04 Å². The number of aliphatic imine (C=N–C) groups is 1. The van der Waals surface area contributed by atoms with Crippen molar-refractivity contribution in [1.82, 2.24) is 0 Å². The SMILES string of the molecule is COC(=O)C=NC(C)c1ccccc1OC. The van der Waals surface area contributed by atoms with Crippen molar-refractivity contribution >= 4 is 12.2 Å². The summed E-state index contributed by atoms with van der Waals surface area (Å²) in [6, 6.07) is 7.42. The van der Waals surface area contributed by atoms with Crippen LogP contribution < -0.4 is 4.74 Å². The Morgan fingerprint density at radius 1 is 1.38 bits per heavy atom. The van der Waals surface area contributed by atoms with Crippen molar-refractivity contribution in [3.8, 4) is 5.75 Å². The normalized spacial score (nSPS) is 12.4. The van der Waals surface area contributed by atoms with Crippen molar-refractivity contribution < 1.29 is 14.3 Å². The molecular weight excluding hydrogens is 206 g/mol. The molecule has 0 radical (unpaired) electrons. The molecule has 0 saturated carbocycles. The summed E-state index contributed by atoms with van der Waals surface area (Å²) in [4.78, 5) is 15.0. The molecule has 0 spiro atoms. The second kappa shape index (κ2) is 5.90. The summed E-state index contributed by atoms with van der Waals surface area (Å²) in [7, 11) is 2.93. The van der Waals surface area contributed by atoms with E-state index in [2.05, 4.69) is 9.73 Å². The lowest BCUT2D eigenvalue weighted by molar-refractivity contribution is -0.132. The standard InChI is InChI=1S/C12H15NO3/c1-9(13-8-12(14)16-3)10-6-4-5-7-11(10)15-2/h4-9H,1-3H3. The van der Waals surface area contributed by atoms with E-state index in [9.17, 15) is 4.79 Å². The predicted octanol–water partition coefficient (Wildman–Crippen LogP) is 2.00. The van der Waals surface area contributed by atoms with E-state index in [0.29, 0.717) is 0 Å². The third-order valence-corrected chi connectivity index (χ3v) is 2.19. The molecule has 16 heavy (non-hydrogen) atoms. The van der Waals surface area contributed by atoms with Gasteiger partial charge in [-0.1, -0.05) is 18.2 Å². The van der Waals surface area contributed by atoms with Crippen LogP contribution >= 0.6 is 0 Å². The molecule has 0 amide bonds. The van der Waals surface area contributed by atoms with Crippen molar-refractivity contribution in [3.63, 3.8) is 0 Å². The number of benzene rings is 1. The fourth-order valence-corrected chi connectivity index (χ4v) is 1.32. The highest BCUT2D eigenvalue weighted by Crippen LogP contribution is 2.26. The molecule has 4 heteroatoms. The lowest BCUT2D eigenvalue weighted by Crippen LogP contribution is -2.03. The maximum atomic E-state index is 10.9. The molecule has 0 fully saturated rings. The maximum absolute atomic E-state index is 10.9. The molecule has 0 saturated heterocycles. The number of hydrogen-bond donors (Lipinski definition) is 0. The molecule has 1 rings (SSSR count). The highest BCUT2D eigenvalue weighted by Gasteiger charge is 2.08. The number of hydrogen-bond acceptors (Lipinski definition) is 4. The molecule has 1 unspecified atom stereocenters. The number of esters is 1. The zero-order chi connectivity index (χ0) is 12.0. The van der Waals surface area contributed by atoms with Crippen LogP contribution in [0.2, 0.25) is 0 Å². The Morgan fingerprint density at radius 3 is 2.69 bits per heavy atom. The Hall–Kier alpha value is -1.84. The Balaban J connectivity index is 2.83. The minimum absolute atomic E-state index is 0.143. The first kappa shape index (κ1) is 12.2. The molecule has 0 bridgehead atoms. The fraction of sp³-hybridized carbons (Fsp3) is 0.333. The van der Waals surface area contributed by atoms with Crippen LogP contribution in [0, 0.1) is 0 Å². The second-order valence-electron chi connectivity index (χ2n) is 3.22. The van der Waals surface area contributed by atoms with Gasteiger partial charge in [-0.2, -0.15) is 0 Å². The number of nitrogens with zero attached hydrogens (tertiary/aromatic N) is 1. The lowest BCUT2D eigenvalue weighted by atomic mass is 10.1. The van der Waals surface area contributed by atoms with Gasteiger partial charge in [-0.25, -0.2) is 4.79 Å². The monoisotopic (exact) mass is 221 g/mol. The number of ether oxygens (including phenoxy) is 2. The van der Waals surface area contributed by atoms with Gasteiger partial charge in [-0.15, -0.1) is 0 Å². The summed E-state index contributed by atoms with van der Waals surface area (Å²) < 4.78 is 9.68. The largest absolute Gasteiger partial charge is 0.496 e.